The summed E-state index contributed by atoms with van der Waals surface area (Å²) in [7, 11) is 0. The highest BCUT2D eigenvalue weighted by molar-refractivity contribution is 6.04. The summed E-state index contributed by atoms with van der Waals surface area (Å²) in [6.07, 6.45) is 1.21. The van der Waals surface area contributed by atoms with Crippen LogP contribution in [0.3, 0.4) is 0 Å². The van der Waals surface area contributed by atoms with E-state index in [0.29, 0.717) is 23.8 Å². The zero-order chi connectivity index (χ0) is 18.7. The topological polar surface area (TPSA) is 75.4 Å². The van der Waals surface area contributed by atoms with Crippen molar-refractivity contribution in [3.63, 3.8) is 0 Å². The van der Waals surface area contributed by atoms with Gasteiger partial charge in [-0.05, 0) is 36.1 Å². The van der Waals surface area contributed by atoms with Crippen LogP contribution in [0.15, 0.2) is 48.5 Å². The van der Waals surface area contributed by atoms with Crippen molar-refractivity contribution in [3.05, 3.63) is 54.1 Å². The van der Waals surface area contributed by atoms with E-state index in [4.69, 9.17) is 5.73 Å². The number of carbonyl (C=O) groups is 2. The molecular formula is C21H26ClN3O2. The normalized spacial score (nSPS) is 17.3. The van der Waals surface area contributed by atoms with E-state index in [9.17, 15) is 9.59 Å². The number of anilines is 3. The molecule has 1 saturated heterocycles. The summed E-state index contributed by atoms with van der Waals surface area (Å²) in [6, 6.07) is 15.1. The Hall–Kier alpha value is -2.53. The zero-order valence-corrected chi connectivity index (χ0v) is 16.5. The molecule has 1 aliphatic heterocycles. The molecule has 0 spiro atoms. The lowest BCUT2D eigenvalue weighted by molar-refractivity contribution is -0.122. The van der Waals surface area contributed by atoms with Crippen LogP contribution in [-0.2, 0) is 9.59 Å². The predicted octanol–water partition coefficient (Wildman–Crippen LogP) is 4.20. The molecule has 6 heteroatoms. The highest BCUT2D eigenvalue weighted by atomic mass is 35.5. The van der Waals surface area contributed by atoms with E-state index in [0.717, 1.165) is 17.7 Å². The summed E-state index contributed by atoms with van der Waals surface area (Å²) in [5.74, 6) is -0.204. The molecule has 0 radical (unpaired) electrons. The van der Waals surface area contributed by atoms with Crippen LogP contribution in [0.5, 0.6) is 0 Å². The van der Waals surface area contributed by atoms with Crippen molar-refractivity contribution < 1.29 is 9.59 Å². The molecule has 0 bridgehead atoms. The number of nitrogens with two attached hydrogens (primary N) is 1. The molecule has 27 heavy (non-hydrogen) atoms. The Morgan fingerprint density at radius 2 is 1.89 bits per heavy atom. The van der Waals surface area contributed by atoms with Crippen LogP contribution in [0.25, 0.3) is 0 Å². The maximum absolute atomic E-state index is 12.6. The Kier molecular flexibility index (Phi) is 6.86. The van der Waals surface area contributed by atoms with Crippen LogP contribution in [0, 0.1) is 5.92 Å². The number of para-hydroxylation sites is 3. The van der Waals surface area contributed by atoms with E-state index in [-0.39, 0.29) is 36.6 Å². The minimum Gasteiger partial charge on any atom is -0.397 e. The van der Waals surface area contributed by atoms with Gasteiger partial charge in [0.2, 0.25) is 11.8 Å². The SMILES string of the molecule is CCC(C)c1ccccc1N1CC(C(=O)Nc2ccccc2N)CC1=O.Cl. The Labute approximate surface area is 166 Å². The fraction of sp³-hybridized carbons (Fsp3) is 0.333. The maximum Gasteiger partial charge on any atom is 0.229 e. The molecule has 2 atom stereocenters. The van der Waals surface area contributed by atoms with Crippen LogP contribution in [0.1, 0.15) is 38.2 Å². The lowest BCUT2D eigenvalue weighted by Crippen LogP contribution is -2.29. The summed E-state index contributed by atoms with van der Waals surface area (Å²) in [5.41, 5.74) is 9.06. The Balaban J connectivity index is 0.00000261. The van der Waals surface area contributed by atoms with Gasteiger partial charge in [-0.15, -0.1) is 12.4 Å². The summed E-state index contributed by atoms with van der Waals surface area (Å²) in [5, 5.41) is 2.85. The van der Waals surface area contributed by atoms with E-state index < -0.39 is 0 Å². The Morgan fingerprint density at radius 1 is 1.22 bits per heavy atom. The van der Waals surface area contributed by atoms with Crippen molar-refractivity contribution in [3.8, 4) is 0 Å². The first-order valence-corrected chi connectivity index (χ1v) is 9.06. The van der Waals surface area contributed by atoms with E-state index in [1.165, 1.54) is 0 Å². The van der Waals surface area contributed by atoms with Gasteiger partial charge in [-0.3, -0.25) is 9.59 Å². The molecule has 144 valence electrons. The average Bonchev–Trinajstić information content (AvgIpc) is 3.04. The van der Waals surface area contributed by atoms with Gasteiger partial charge >= 0.3 is 0 Å². The lowest BCUT2D eigenvalue weighted by Gasteiger charge is -2.23. The fourth-order valence-electron chi connectivity index (χ4n) is 3.33. The molecule has 1 heterocycles. The second-order valence-corrected chi connectivity index (χ2v) is 6.85. The van der Waals surface area contributed by atoms with E-state index in [1.54, 1.807) is 17.0 Å². The first kappa shape index (κ1) is 20.8. The quantitative estimate of drug-likeness (QED) is 0.755. The largest absolute Gasteiger partial charge is 0.397 e. The maximum atomic E-state index is 12.6. The van der Waals surface area contributed by atoms with Crippen LogP contribution in [0.4, 0.5) is 17.1 Å². The molecule has 2 amide bonds. The van der Waals surface area contributed by atoms with Crippen molar-refractivity contribution in [1.82, 2.24) is 0 Å². The predicted molar refractivity (Wildman–Crippen MR) is 112 cm³/mol. The van der Waals surface area contributed by atoms with Gasteiger partial charge in [-0.2, -0.15) is 0 Å². The van der Waals surface area contributed by atoms with Crippen LogP contribution in [0.2, 0.25) is 0 Å². The molecule has 0 aliphatic carbocycles. The first-order chi connectivity index (χ1) is 12.5. The third-order valence-corrected chi connectivity index (χ3v) is 5.09. The first-order valence-electron chi connectivity index (χ1n) is 9.06. The van der Waals surface area contributed by atoms with Crippen LogP contribution >= 0.6 is 12.4 Å². The number of hydrogen-bond acceptors (Lipinski definition) is 3. The number of rotatable bonds is 5. The molecular weight excluding hydrogens is 362 g/mol. The van der Waals surface area contributed by atoms with Gasteiger partial charge in [0.1, 0.15) is 0 Å². The van der Waals surface area contributed by atoms with Crippen molar-refractivity contribution in [2.24, 2.45) is 5.92 Å². The van der Waals surface area contributed by atoms with Crippen LogP contribution < -0.4 is 16.0 Å². The van der Waals surface area contributed by atoms with Gasteiger partial charge in [-0.25, -0.2) is 0 Å². The molecule has 1 fully saturated rings. The summed E-state index contributed by atoms with van der Waals surface area (Å²) in [4.78, 5) is 27.0. The Bertz CT molecular complexity index is 825. The van der Waals surface area contributed by atoms with Crippen LogP contribution in [-0.4, -0.2) is 18.4 Å². The summed E-state index contributed by atoms with van der Waals surface area (Å²) < 4.78 is 0. The van der Waals surface area contributed by atoms with Gasteiger partial charge < -0.3 is 16.0 Å². The van der Waals surface area contributed by atoms with Gasteiger partial charge in [0.05, 0.1) is 17.3 Å². The molecule has 2 aromatic carbocycles. The summed E-state index contributed by atoms with van der Waals surface area (Å²) in [6.45, 7) is 4.68. The van der Waals surface area contributed by atoms with E-state index in [1.807, 2.05) is 30.3 Å². The van der Waals surface area contributed by atoms with Crippen molar-refractivity contribution in [1.29, 1.82) is 0 Å². The van der Waals surface area contributed by atoms with Gasteiger partial charge in [0.15, 0.2) is 0 Å². The molecule has 1 aliphatic rings. The molecule has 0 saturated carbocycles. The van der Waals surface area contributed by atoms with E-state index >= 15 is 0 Å². The molecule has 2 aromatic rings. The highest BCUT2D eigenvalue weighted by Crippen LogP contribution is 2.33. The standard InChI is InChI=1S/C21H25N3O2.ClH/c1-3-14(2)16-8-4-7-11-19(16)24-13-15(12-20(24)25)21(26)23-18-10-6-5-9-17(18)22;/h4-11,14-15H,3,12-13,22H2,1-2H3,(H,23,26);1H. The second kappa shape index (κ2) is 8.91. The second-order valence-electron chi connectivity index (χ2n) is 6.85. The Morgan fingerprint density at radius 3 is 2.59 bits per heavy atom. The number of nitrogens with zero attached hydrogens (tertiary/aromatic N) is 1. The number of nitrogens with one attached hydrogen (secondary N) is 1. The minimum absolute atomic E-state index is 0. The van der Waals surface area contributed by atoms with E-state index in [2.05, 4.69) is 25.2 Å². The third-order valence-electron chi connectivity index (χ3n) is 5.09. The molecule has 3 rings (SSSR count). The molecule has 5 nitrogen and oxygen atoms in total. The monoisotopic (exact) mass is 387 g/mol. The average molecular weight is 388 g/mol. The van der Waals surface area contributed by atoms with Crippen molar-refractivity contribution >= 4 is 41.3 Å². The minimum atomic E-state index is -0.382. The highest BCUT2D eigenvalue weighted by Gasteiger charge is 2.36. The zero-order valence-electron chi connectivity index (χ0n) is 15.6. The molecule has 3 N–H and O–H groups in total. The molecule has 2 unspecified atom stereocenters. The fourth-order valence-corrected chi connectivity index (χ4v) is 3.33. The number of carbonyl (C=O) groups excluding carboxylic acids is 2. The number of amides is 2. The van der Waals surface area contributed by atoms with Gasteiger partial charge in [0.25, 0.3) is 0 Å². The molecule has 0 aromatic heterocycles. The van der Waals surface area contributed by atoms with Crippen molar-refractivity contribution in [2.45, 2.75) is 32.6 Å². The van der Waals surface area contributed by atoms with Gasteiger partial charge in [0, 0.05) is 18.7 Å². The third kappa shape index (κ3) is 4.42. The van der Waals surface area contributed by atoms with Crippen molar-refractivity contribution in [2.75, 3.05) is 22.5 Å². The number of halogens is 1. The number of hydrogen-bond donors (Lipinski definition) is 2. The lowest BCUT2D eigenvalue weighted by atomic mass is 9.96. The summed E-state index contributed by atoms with van der Waals surface area (Å²) >= 11 is 0. The number of nitrogen functional groups attached to an aromatic ring is 1. The number of benzene rings is 2. The smallest absolute Gasteiger partial charge is 0.229 e. The van der Waals surface area contributed by atoms with Gasteiger partial charge in [-0.1, -0.05) is 44.2 Å².